The first kappa shape index (κ1) is 13.2. The molecule has 0 aliphatic carbocycles. The van der Waals surface area contributed by atoms with Crippen LogP contribution in [-0.4, -0.2) is 37.1 Å². The van der Waals surface area contributed by atoms with E-state index in [-0.39, 0.29) is 12.0 Å². The summed E-state index contributed by atoms with van der Waals surface area (Å²) in [6, 6.07) is 4.31. The molecule has 0 saturated carbocycles. The number of thiophene rings is 1. The standard InChI is InChI=1S/C12H19NO2S/c1-9(8-11-6-5-7-16-11)13(3)10(2)12(14)15-4/h5-7,9-10H,8H2,1-4H3. The van der Waals surface area contributed by atoms with Crippen molar-refractivity contribution < 1.29 is 9.53 Å². The molecule has 0 aromatic carbocycles. The minimum absolute atomic E-state index is 0.180. The van der Waals surface area contributed by atoms with Gasteiger partial charge < -0.3 is 4.74 Å². The van der Waals surface area contributed by atoms with Gasteiger partial charge in [0.1, 0.15) is 6.04 Å². The van der Waals surface area contributed by atoms with E-state index in [0.29, 0.717) is 6.04 Å². The largest absolute Gasteiger partial charge is 0.468 e. The third-order valence-corrected chi connectivity index (χ3v) is 3.82. The molecule has 0 aliphatic rings. The molecule has 0 saturated heterocycles. The van der Waals surface area contributed by atoms with Crippen molar-refractivity contribution in [3.63, 3.8) is 0 Å². The maximum atomic E-state index is 11.4. The van der Waals surface area contributed by atoms with Gasteiger partial charge in [-0.15, -0.1) is 11.3 Å². The number of ether oxygens (including phenoxy) is 1. The van der Waals surface area contributed by atoms with E-state index in [1.165, 1.54) is 12.0 Å². The second kappa shape index (κ2) is 6.01. The third kappa shape index (κ3) is 3.32. The molecule has 0 fully saturated rings. The smallest absolute Gasteiger partial charge is 0.322 e. The van der Waals surface area contributed by atoms with Crippen molar-refractivity contribution >= 4 is 17.3 Å². The van der Waals surface area contributed by atoms with Gasteiger partial charge in [-0.05, 0) is 38.8 Å². The molecule has 0 amide bonds. The van der Waals surface area contributed by atoms with E-state index in [0.717, 1.165) is 6.42 Å². The average molecular weight is 241 g/mol. The van der Waals surface area contributed by atoms with Gasteiger partial charge in [0.2, 0.25) is 0 Å². The van der Waals surface area contributed by atoms with Crippen molar-refractivity contribution in [2.24, 2.45) is 0 Å². The molecule has 0 radical (unpaired) electrons. The van der Waals surface area contributed by atoms with Crippen LogP contribution in [0.5, 0.6) is 0 Å². The summed E-state index contributed by atoms with van der Waals surface area (Å²) in [7, 11) is 3.39. The monoisotopic (exact) mass is 241 g/mol. The third-order valence-electron chi connectivity index (χ3n) is 2.93. The first-order valence-corrected chi connectivity index (χ1v) is 6.26. The fourth-order valence-corrected chi connectivity index (χ4v) is 2.41. The van der Waals surface area contributed by atoms with E-state index in [1.807, 2.05) is 18.9 Å². The molecular formula is C12H19NO2S. The Kier molecular flexibility index (Phi) is 4.96. The summed E-state index contributed by atoms with van der Waals surface area (Å²) in [5, 5.41) is 2.08. The summed E-state index contributed by atoms with van der Waals surface area (Å²) < 4.78 is 4.74. The molecule has 2 atom stereocenters. The maximum absolute atomic E-state index is 11.4. The molecule has 0 N–H and O–H groups in total. The van der Waals surface area contributed by atoms with Crippen LogP contribution in [0.3, 0.4) is 0 Å². The van der Waals surface area contributed by atoms with Gasteiger partial charge in [0.05, 0.1) is 7.11 Å². The molecule has 0 spiro atoms. The van der Waals surface area contributed by atoms with E-state index < -0.39 is 0 Å². The lowest BCUT2D eigenvalue weighted by Gasteiger charge is -2.28. The van der Waals surface area contributed by atoms with Crippen LogP contribution in [0.2, 0.25) is 0 Å². The molecule has 2 unspecified atom stereocenters. The molecular weight excluding hydrogens is 222 g/mol. The Labute approximate surface area is 101 Å². The van der Waals surface area contributed by atoms with Crippen LogP contribution < -0.4 is 0 Å². The van der Waals surface area contributed by atoms with Crippen LogP contribution in [0.4, 0.5) is 0 Å². The van der Waals surface area contributed by atoms with Crippen LogP contribution in [0, 0.1) is 0 Å². The Balaban J connectivity index is 2.53. The quantitative estimate of drug-likeness (QED) is 0.740. The number of carbonyl (C=O) groups excluding carboxylic acids is 1. The average Bonchev–Trinajstić information content (AvgIpc) is 2.78. The summed E-state index contributed by atoms with van der Waals surface area (Å²) in [4.78, 5) is 14.8. The van der Waals surface area contributed by atoms with Gasteiger partial charge in [0, 0.05) is 10.9 Å². The van der Waals surface area contributed by atoms with Crippen LogP contribution in [0.1, 0.15) is 18.7 Å². The highest BCUT2D eigenvalue weighted by Crippen LogP contribution is 2.15. The number of hydrogen-bond donors (Lipinski definition) is 0. The Morgan fingerprint density at radius 2 is 2.25 bits per heavy atom. The number of methoxy groups -OCH3 is 1. The number of carbonyl (C=O) groups is 1. The zero-order valence-electron chi connectivity index (χ0n) is 10.3. The molecule has 3 nitrogen and oxygen atoms in total. The van der Waals surface area contributed by atoms with E-state index in [2.05, 4.69) is 24.4 Å². The van der Waals surface area contributed by atoms with Crippen molar-refractivity contribution in [3.05, 3.63) is 22.4 Å². The van der Waals surface area contributed by atoms with Crippen molar-refractivity contribution in [1.82, 2.24) is 4.90 Å². The Morgan fingerprint density at radius 1 is 1.56 bits per heavy atom. The lowest BCUT2D eigenvalue weighted by Crippen LogP contribution is -2.43. The number of hydrogen-bond acceptors (Lipinski definition) is 4. The highest BCUT2D eigenvalue weighted by atomic mass is 32.1. The minimum atomic E-state index is -0.194. The topological polar surface area (TPSA) is 29.5 Å². The SMILES string of the molecule is COC(=O)C(C)N(C)C(C)Cc1cccs1. The van der Waals surface area contributed by atoms with Crippen molar-refractivity contribution in [1.29, 1.82) is 0 Å². The van der Waals surface area contributed by atoms with E-state index >= 15 is 0 Å². The first-order chi connectivity index (χ1) is 7.56. The van der Waals surface area contributed by atoms with Crippen molar-refractivity contribution in [3.8, 4) is 0 Å². The summed E-state index contributed by atoms with van der Waals surface area (Å²) in [6.07, 6.45) is 0.968. The molecule has 0 bridgehead atoms. The Hall–Kier alpha value is -0.870. The molecule has 4 heteroatoms. The van der Waals surface area contributed by atoms with Crippen LogP contribution >= 0.6 is 11.3 Å². The van der Waals surface area contributed by atoms with E-state index in [1.54, 1.807) is 11.3 Å². The number of rotatable bonds is 5. The van der Waals surface area contributed by atoms with Crippen LogP contribution in [0.15, 0.2) is 17.5 Å². The normalized spacial score (nSPS) is 14.8. The summed E-state index contributed by atoms with van der Waals surface area (Å²) >= 11 is 1.75. The van der Waals surface area contributed by atoms with Gasteiger partial charge >= 0.3 is 5.97 Å². The predicted molar refractivity (Wildman–Crippen MR) is 66.7 cm³/mol. The lowest BCUT2D eigenvalue weighted by atomic mass is 10.1. The summed E-state index contributed by atoms with van der Waals surface area (Å²) in [6.45, 7) is 4.00. The van der Waals surface area contributed by atoms with Crippen LogP contribution in [0.25, 0.3) is 0 Å². The minimum Gasteiger partial charge on any atom is -0.468 e. The molecule has 1 aromatic rings. The van der Waals surface area contributed by atoms with Gasteiger partial charge in [-0.25, -0.2) is 0 Å². The predicted octanol–water partition coefficient (Wildman–Crippen LogP) is 2.17. The van der Waals surface area contributed by atoms with E-state index in [9.17, 15) is 4.79 Å². The highest BCUT2D eigenvalue weighted by Gasteiger charge is 2.22. The fraction of sp³-hybridized carbons (Fsp3) is 0.583. The fourth-order valence-electron chi connectivity index (χ4n) is 1.58. The van der Waals surface area contributed by atoms with Gasteiger partial charge in [-0.2, -0.15) is 0 Å². The van der Waals surface area contributed by atoms with Gasteiger partial charge in [-0.1, -0.05) is 6.07 Å². The Bertz CT molecular complexity index is 324. The second-order valence-electron chi connectivity index (χ2n) is 4.00. The summed E-state index contributed by atoms with van der Waals surface area (Å²) in [5.74, 6) is -0.180. The zero-order chi connectivity index (χ0) is 12.1. The second-order valence-corrected chi connectivity index (χ2v) is 5.03. The zero-order valence-corrected chi connectivity index (χ0v) is 11.1. The van der Waals surface area contributed by atoms with Gasteiger partial charge in [0.15, 0.2) is 0 Å². The molecule has 16 heavy (non-hydrogen) atoms. The summed E-state index contributed by atoms with van der Waals surface area (Å²) in [5.41, 5.74) is 0. The molecule has 0 aliphatic heterocycles. The number of esters is 1. The van der Waals surface area contributed by atoms with Gasteiger partial charge in [0.25, 0.3) is 0 Å². The molecule has 1 aromatic heterocycles. The van der Waals surface area contributed by atoms with Crippen molar-refractivity contribution in [2.75, 3.05) is 14.2 Å². The first-order valence-electron chi connectivity index (χ1n) is 5.38. The van der Waals surface area contributed by atoms with Gasteiger partial charge in [-0.3, -0.25) is 9.69 Å². The van der Waals surface area contributed by atoms with Crippen molar-refractivity contribution in [2.45, 2.75) is 32.4 Å². The molecule has 90 valence electrons. The lowest BCUT2D eigenvalue weighted by molar-refractivity contribution is -0.146. The molecule has 1 rings (SSSR count). The highest BCUT2D eigenvalue weighted by molar-refractivity contribution is 7.09. The molecule has 1 heterocycles. The number of nitrogens with zero attached hydrogens (tertiary/aromatic N) is 1. The number of likely N-dealkylation sites (N-methyl/N-ethyl adjacent to an activating group) is 1. The van der Waals surface area contributed by atoms with Crippen LogP contribution in [-0.2, 0) is 16.0 Å². The Morgan fingerprint density at radius 3 is 2.75 bits per heavy atom. The van der Waals surface area contributed by atoms with E-state index in [4.69, 9.17) is 4.74 Å². The maximum Gasteiger partial charge on any atom is 0.322 e.